The lowest BCUT2D eigenvalue weighted by atomic mass is 10.1. The second kappa shape index (κ2) is 8.10. The average molecular weight is 275 g/mol. The topological polar surface area (TPSA) is 21.3 Å². The summed E-state index contributed by atoms with van der Waals surface area (Å²) in [6, 6.07) is 12.5. The summed E-state index contributed by atoms with van der Waals surface area (Å²) < 4.78 is 5.80. The molecule has 0 amide bonds. The van der Waals surface area contributed by atoms with Crippen LogP contribution in [0, 0.1) is 0 Å². The van der Waals surface area contributed by atoms with Crippen LogP contribution in [0.5, 0.6) is 0 Å². The summed E-state index contributed by atoms with van der Waals surface area (Å²) >= 11 is 1.76. The van der Waals surface area contributed by atoms with Gasteiger partial charge in [0.15, 0.2) is 0 Å². The van der Waals surface area contributed by atoms with Gasteiger partial charge in [-0.05, 0) is 47.8 Å². The van der Waals surface area contributed by atoms with Crippen LogP contribution < -0.4 is 5.32 Å². The van der Waals surface area contributed by atoms with E-state index < -0.39 is 0 Å². The number of thiophene rings is 1. The zero-order chi connectivity index (χ0) is 13.3. The van der Waals surface area contributed by atoms with E-state index in [4.69, 9.17) is 4.74 Å². The molecule has 1 aromatic heterocycles. The second-order valence-electron chi connectivity index (χ2n) is 4.56. The molecule has 0 aliphatic rings. The van der Waals surface area contributed by atoms with Gasteiger partial charge in [-0.25, -0.2) is 0 Å². The van der Waals surface area contributed by atoms with Crippen molar-refractivity contribution in [1.29, 1.82) is 0 Å². The van der Waals surface area contributed by atoms with Gasteiger partial charge in [-0.15, -0.1) is 0 Å². The van der Waals surface area contributed by atoms with E-state index >= 15 is 0 Å². The monoisotopic (exact) mass is 275 g/mol. The SMILES string of the molecule is CC(OCCNCCc1ccsc1)c1ccccc1. The molecule has 3 heteroatoms. The average Bonchev–Trinajstić information content (AvgIpc) is 2.96. The van der Waals surface area contributed by atoms with Crippen molar-refractivity contribution < 1.29 is 4.74 Å². The third-order valence-electron chi connectivity index (χ3n) is 3.09. The number of hydrogen-bond donors (Lipinski definition) is 1. The van der Waals surface area contributed by atoms with E-state index in [0.29, 0.717) is 0 Å². The third-order valence-corrected chi connectivity index (χ3v) is 3.82. The molecular weight excluding hydrogens is 254 g/mol. The van der Waals surface area contributed by atoms with Crippen LogP contribution in [0.4, 0.5) is 0 Å². The predicted octanol–water partition coefficient (Wildman–Crippen LogP) is 3.66. The Morgan fingerprint density at radius 2 is 2.00 bits per heavy atom. The van der Waals surface area contributed by atoms with Crippen molar-refractivity contribution in [2.75, 3.05) is 19.7 Å². The molecule has 0 bridgehead atoms. The first-order chi connectivity index (χ1) is 9.36. The Morgan fingerprint density at radius 3 is 2.74 bits per heavy atom. The molecule has 2 rings (SSSR count). The molecule has 1 unspecified atom stereocenters. The fourth-order valence-electron chi connectivity index (χ4n) is 1.92. The Hall–Kier alpha value is -1.16. The second-order valence-corrected chi connectivity index (χ2v) is 5.34. The number of benzene rings is 1. The van der Waals surface area contributed by atoms with Gasteiger partial charge in [0, 0.05) is 6.54 Å². The molecule has 19 heavy (non-hydrogen) atoms. The minimum atomic E-state index is 0.167. The summed E-state index contributed by atoms with van der Waals surface area (Å²) in [5, 5.41) is 7.74. The van der Waals surface area contributed by atoms with Crippen LogP contribution in [0.2, 0.25) is 0 Å². The van der Waals surface area contributed by atoms with E-state index in [1.807, 2.05) is 18.2 Å². The number of nitrogens with one attached hydrogen (secondary N) is 1. The maximum absolute atomic E-state index is 5.80. The summed E-state index contributed by atoms with van der Waals surface area (Å²) in [7, 11) is 0. The maximum atomic E-state index is 5.80. The van der Waals surface area contributed by atoms with E-state index in [1.54, 1.807) is 11.3 Å². The Kier molecular flexibility index (Phi) is 6.08. The van der Waals surface area contributed by atoms with E-state index in [2.05, 4.69) is 41.2 Å². The van der Waals surface area contributed by atoms with Crippen LogP contribution >= 0.6 is 11.3 Å². The van der Waals surface area contributed by atoms with Crippen LogP contribution in [-0.4, -0.2) is 19.7 Å². The van der Waals surface area contributed by atoms with Crippen molar-refractivity contribution in [1.82, 2.24) is 5.32 Å². The highest BCUT2D eigenvalue weighted by Crippen LogP contribution is 2.15. The lowest BCUT2D eigenvalue weighted by Gasteiger charge is -2.13. The van der Waals surface area contributed by atoms with Crippen LogP contribution in [0.25, 0.3) is 0 Å². The predicted molar refractivity (Wildman–Crippen MR) is 81.7 cm³/mol. The molecular formula is C16H21NOS. The van der Waals surface area contributed by atoms with E-state index in [0.717, 1.165) is 26.1 Å². The largest absolute Gasteiger partial charge is 0.373 e. The molecule has 1 aromatic carbocycles. The van der Waals surface area contributed by atoms with Crippen LogP contribution in [0.1, 0.15) is 24.2 Å². The van der Waals surface area contributed by atoms with Gasteiger partial charge in [-0.2, -0.15) is 11.3 Å². The fourth-order valence-corrected chi connectivity index (χ4v) is 2.62. The zero-order valence-electron chi connectivity index (χ0n) is 11.3. The lowest BCUT2D eigenvalue weighted by molar-refractivity contribution is 0.0679. The first-order valence-electron chi connectivity index (χ1n) is 6.74. The van der Waals surface area contributed by atoms with Crippen LogP contribution in [0.15, 0.2) is 47.2 Å². The molecule has 0 aliphatic heterocycles. The molecule has 0 saturated heterocycles. The summed E-state index contributed by atoms with van der Waals surface area (Å²) in [6.45, 7) is 4.77. The Balaban J connectivity index is 1.54. The summed E-state index contributed by atoms with van der Waals surface area (Å²) in [4.78, 5) is 0. The molecule has 0 spiro atoms. The van der Waals surface area contributed by atoms with Gasteiger partial charge in [0.1, 0.15) is 0 Å². The van der Waals surface area contributed by atoms with E-state index in [9.17, 15) is 0 Å². The molecule has 1 atom stereocenters. The van der Waals surface area contributed by atoms with Crippen molar-refractivity contribution in [3.63, 3.8) is 0 Å². The van der Waals surface area contributed by atoms with Gasteiger partial charge in [0.25, 0.3) is 0 Å². The Morgan fingerprint density at radius 1 is 1.16 bits per heavy atom. The van der Waals surface area contributed by atoms with Crippen molar-refractivity contribution >= 4 is 11.3 Å². The van der Waals surface area contributed by atoms with Gasteiger partial charge in [-0.1, -0.05) is 30.3 Å². The van der Waals surface area contributed by atoms with Crippen LogP contribution in [-0.2, 0) is 11.2 Å². The first-order valence-corrected chi connectivity index (χ1v) is 7.69. The molecule has 0 saturated carbocycles. The number of ether oxygens (including phenoxy) is 1. The van der Waals surface area contributed by atoms with Crippen molar-refractivity contribution in [2.24, 2.45) is 0 Å². The first kappa shape index (κ1) is 14.3. The van der Waals surface area contributed by atoms with Crippen molar-refractivity contribution in [2.45, 2.75) is 19.4 Å². The highest BCUT2D eigenvalue weighted by Gasteiger charge is 2.03. The van der Waals surface area contributed by atoms with Crippen LogP contribution in [0.3, 0.4) is 0 Å². The standard InChI is InChI=1S/C16H21NOS/c1-14(16-5-3-2-4-6-16)18-11-10-17-9-7-15-8-12-19-13-15/h2-6,8,12-14,17H,7,9-11H2,1H3. The Labute approximate surface area is 119 Å². The molecule has 1 heterocycles. The lowest BCUT2D eigenvalue weighted by Crippen LogP contribution is -2.22. The molecule has 2 aromatic rings. The highest BCUT2D eigenvalue weighted by molar-refractivity contribution is 7.07. The third kappa shape index (κ3) is 5.15. The Bertz CT molecular complexity index is 441. The van der Waals surface area contributed by atoms with Gasteiger partial charge < -0.3 is 10.1 Å². The fraction of sp³-hybridized carbons (Fsp3) is 0.375. The zero-order valence-corrected chi connectivity index (χ0v) is 12.2. The molecule has 0 radical (unpaired) electrons. The van der Waals surface area contributed by atoms with E-state index in [1.165, 1.54) is 11.1 Å². The van der Waals surface area contributed by atoms with Crippen molar-refractivity contribution in [3.8, 4) is 0 Å². The molecule has 2 nitrogen and oxygen atoms in total. The van der Waals surface area contributed by atoms with Gasteiger partial charge in [-0.3, -0.25) is 0 Å². The van der Waals surface area contributed by atoms with Gasteiger partial charge >= 0.3 is 0 Å². The summed E-state index contributed by atoms with van der Waals surface area (Å²) in [5.41, 5.74) is 2.65. The smallest absolute Gasteiger partial charge is 0.0797 e. The normalized spacial score (nSPS) is 12.5. The molecule has 0 fully saturated rings. The minimum Gasteiger partial charge on any atom is -0.373 e. The number of hydrogen-bond acceptors (Lipinski definition) is 3. The summed E-state index contributed by atoms with van der Waals surface area (Å²) in [5.74, 6) is 0. The molecule has 0 aliphatic carbocycles. The number of rotatable bonds is 8. The van der Waals surface area contributed by atoms with Gasteiger partial charge in [0.05, 0.1) is 12.7 Å². The van der Waals surface area contributed by atoms with Crippen molar-refractivity contribution in [3.05, 3.63) is 58.3 Å². The quantitative estimate of drug-likeness (QED) is 0.742. The highest BCUT2D eigenvalue weighted by atomic mass is 32.1. The van der Waals surface area contributed by atoms with E-state index in [-0.39, 0.29) is 6.10 Å². The molecule has 102 valence electrons. The minimum absolute atomic E-state index is 0.167. The maximum Gasteiger partial charge on any atom is 0.0797 e. The van der Waals surface area contributed by atoms with Gasteiger partial charge in [0.2, 0.25) is 0 Å². The molecule has 1 N–H and O–H groups in total. The summed E-state index contributed by atoms with van der Waals surface area (Å²) in [6.07, 6.45) is 1.26.